The molecule has 13 heteroatoms. The van der Waals surface area contributed by atoms with Gasteiger partial charge in [-0.1, -0.05) is 49.9 Å². The molecule has 0 bridgehead atoms. The number of aliphatic imine (C=N–C) groups is 1. The number of alkyl halides is 3. The van der Waals surface area contributed by atoms with Crippen LogP contribution in [-0.4, -0.2) is 43.9 Å². The second-order valence-electron chi connectivity index (χ2n) is 11.9. The zero-order chi connectivity index (χ0) is 33.3. The van der Waals surface area contributed by atoms with E-state index < -0.39 is 6.36 Å². The monoisotopic (exact) mass is 665 g/mol. The first kappa shape index (κ1) is 32.4. The molecule has 1 aliphatic carbocycles. The predicted molar refractivity (Wildman–Crippen MR) is 171 cm³/mol. The molecule has 2 amide bonds. The van der Waals surface area contributed by atoms with E-state index in [0.717, 1.165) is 30.4 Å². The average Bonchev–Trinajstić information content (AvgIpc) is 3.78. The van der Waals surface area contributed by atoms with E-state index in [4.69, 9.17) is 0 Å². The molecule has 1 aromatic heterocycles. The van der Waals surface area contributed by atoms with Crippen LogP contribution in [-0.2, 0) is 9.59 Å². The molecule has 1 saturated heterocycles. The number of hydrogen-bond acceptors (Lipinski definition) is 6. The SMILES string of the molecule is CC(C)c1cc(F)ccc1N1C(=O)CSC1=NC(=O)CC1CCC(c2ccc(-c3ncn(-c4ccc(OC(F)(F)F)cc4)n3)cc2)C1. The van der Waals surface area contributed by atoms with Gasteiger partial charge in [-0.3, -0.25) is 14.5 Å². The second kappa shape index (κ2) is 13.3. The molecule has 4 aromatic rings. The summed E-state index contributed by atoms with van der Waals surface area (Å²) in [7, 11) is 0. The Balaban J connectivity index is 1.07. The molecule has 1 aliphatic heterocycles. The first-order chi connectivity index (χ1) is 22.4. The molecule has 0 radical (unpaired) electrons. The Labute approximate surface area is 272 Å². The maximum atomic E-state index is 14.0. The minimum atomic E-state index is -4.76. The second-order valence-corrected chi connectivity index (χ2v) is 12.9. The van der Waals surface area contributed by atoms with Crippen LogP contribution < -0.4 is 9.64 Å². The normalized spacial score (nSPS) is 19.3. The van der Waals surface area contributed by atoms with E-state index in [1.54, 1.807) is 6.07 Å². The molecular weight excluding hydrogens is 634 g/mol. The van der Waals surface area contributed by atoms with Gasteiger partial charge in [0.15, 0.2) is 11.0 Å². The summed E-state index contributed by atoms with van der Waals surface area (Å²) in [5.41, 5.74) is 3.72. The number of halogens is 4. The van der Waals surface area contributed by atoms with Crippen molar-refractivity contribution in [1.82, 2.24) is 14.8 Å². The quantitative estimate of drug-likeness (QED) is 0.177. The van der Waals surface area contributed by atoms with Crippen LogP contribution in [0.25, 0.3) is 17.1 Å². The zero-order valence-corrected chi connectivity index (χ0v) is 26.4. The van der Waals surface area contributed by atoms with Crippen LogP contribution >= 0.6 is 11.8 Å². The largest absolute Gasteiger partial charge is 0.573 e. The van der Waals surface area contributed by atoms with Crippen molar-refractivity contribution < 1.29 is 31.9 Å². The fourth-order valence-electron chi connectivity index (χ4n) is 6.06. The summed E-state index contributed by atoms with van der Waals surface area (Å²) in [6, 6.07) is 17.6. The summed E-state index contributed by atoms with van der Waals surface area (Å²) in [4.78, 5) is 36.0. The number of nitrogens with zero attached hydrogens (tertiary/aromatic N) is 5. The van der Waals surface area contributed by atoms with Crippen molar-refractivity contribution in [3.8, 4) is 22.8 Å². The number of rotatable bonds is 8. The number of thioether (sulfide) groups is 1. The lowest BCUT2D eigenvalue weighted by Crippen LogP contribution is -2.31. The van der Waals surface area contributed by atoms with Gasteiger partial charge in [0.2, 0.25) is 11.8 Å². The van der Waals surface area contributed by atoms with E-state index in [9.17, 15) is 27.2 Å². The maximum absolute atomic E-state index is 14.0. The molecule has 2 atom stereocenters. The third-order valence-electron chi connectivity index (χ3n) is 8.31. The number of amidine groups is 1. The van der Waals surface area contributed by atoms with Gasteiger partial charge in [0, 0.05) is 12.0 Å². The van der Waals surface area contributed by atoms with Gasteiger partial charge in [0.1, 0.15) is 17.9 Å². The number of carbonyl (C=O) groups is 2. The van der Waals surface area contributed by atoms with Crippen molar-refractivity contribution in [1.29, 1.82) is 0 Å². The van der Waals surface area contributed by atoms with Crippen LogP contribution in [0.4, 0.5) is 23.2 Å². The van der Waals surface area contributed by atoms with E-state index in [0.29, 0.717) is 27.9 Å². The van der Waals surface area contributed by atoms with Crippen molar-refractivity contribution >= 4 is 34.4 Å². The van der Waals surface area contributed by atoms with Crippen molar-refractivity contribution in [2.24, 2.45) is 10.9 Å². The van der Waals surface area contributed by atoms with Crippen molar-refractivity contribution in [2.45, 2.75) is 57.7 Å². The van der Waals surface area contributed by atoms with E-state index in [2.05, 4.69) is 19.8 Å². The molecule has 6 rings (SSSR count). The smallest absolute Gasteiger partial charge is 0.406 e. The lowest BCUT2D eigenvalue weighted by Gasteiger charge is -2.21. The zero-order valence-electron chi connectivity index (χ0n) is 25.6. The molecule has 1 saturated carbocycles. The van der Waals surface area contributed by atoms with Crippen molar-refractivity contribution in [3.63, 3.8) is 0 Å². The fraction of sp³-hybridized carbons (Fsp3) is 0.324. The Morgan fingerprint density at radius 1 is 1.06 bits per heavy atom. The van der Waals surface area contributed by atoms with Gasteiger partial charge in [-0.05, 0) is 90.6 Å². The lowest BCUT2D eigenvalue weighted by atomic mass is 9.94. The highest BCUT2D eigenvalue weighted by Gasteiger charge is 2.34. The molecule has 2 aliphatic rings. The molecule has 2 heterocycles. The van der Waals surface area contributed by atoms with Crippen LogP contribution in [0, 0.1) is 11.7 Å². The topological polar surface area (TPSA) is 89.7 Å². The van der Waals surface area contributed by atoms with Gasteiger partial charge < -0.3 is 4.74 Å². The Kier molecular flexibility index (Phi) is 9.18. The van der Waals surface area contributed by atoms with Crippen LogP contribution in [0.5, 0.6) is 5.75 Å². The number of carbonyl (C=O) groups excluding carboxylic acids is 2. The highest BCUT2D eigenvalue weighted by Crippen LogP contribution is 2.41. The molecule has 0 N–H and O–H groups in total. The molecule has 2 fully saturated rings. The van der Waals surface area contributed by atoms with E-state index >= 15 is 0 Å². The number of hydrogen-bond donors (Lipinski definition) is 0. The van der Waals surface area contributed by atoms with Gasteiger partial charge in [0.25, 0.3) is 0 Å². The van der Waals surface area contributed by atoms with Gasteiger partial charge >= 0.3 is 6.36 Å². The summed E-state index contributed by atoms with van der Waals surface area (Å²) in [5, 5.41) is 4.80. The lowest BCUT2D eigenvalue weighted by molar-refractivity contribution is -0.274. The summed E-state index contributed by atoms with van der Waals surface area (Å²) >= 11 is 1.22. The first-order valence-electron chi connectivity index (χ1n) is 15.2. The molecule has 8 nitrogen and oxygen atoms in total. The summed E-state index contributed by atoms with van der Waals surface area (Å²) in [5.74, 6) is -0.0902. The number of anilines is 1. The Bertz CT molecular complexity index is 1810. The van der Waals surface area contributed by atoms with E-state index in [-0.39, 0.29) is 53.3 Å². The van der Waals surface area contributed by atoms with Gasteiger partial charge in [-0.15, -0.1) is 18.3 Å². The standard InChI is InChI=1S/C34H31F4N5O3S/c1-20(2)28-17-25(35)9-14-29(28)43-31(45)18-47-33(43)40-30(44)16-21-3-4-24(15-21)22-5-7-23(8-6-22)32-39-19-42(41-32)26-10-12-27(13-11-26)46-34(36,37)38/h5-14,17,19-21,24H,3-4,15-16,18H2,1-2H3. The van der Waals surface area contributed by atoms with Crippen LogP contribution in [0.1, 0.15) is 62.5 Å². The maximum Gasteiger partial charge on any atom is 0.573 e. The van der Waals surface area contributed by atoms with Crippen molar-refractivity contribution in [3.05, 3.63) is 90.0 Å². The van der Waals surface area contributed by atoms with E-state index in [1.165, 1.54) is 64.1 Å². The average molecular weight is 666 g/mol. The Hall–Kier alpha value is -4.52. The Morgan fingerprint density at radius 3 is 2.51 bits per heavy atom. The minimum Gasteiger partial charge on any atom is -0.406 e. The third kappa shape index (κ3) is 7.56. The highest BCUT2D eigenvalue weighted by atomic mass is 32.2. The molecule has 47 heavy (non-hydrogen) atoms. The van der Waals surface area contributed by atoms with Crippen LogP contribution in [0.3, 0.4) is 0 Å². The van der Waals surface area contributed by atoms with Gasteiger partial charge in [0.05, 0.1) is 17.1 Å². The molecular formula is C34H31F4N5O3S. The van der Waals surface area contributed by atoms with Gasteiger partial charge in [-0.25, -0.2) is 14.1 Å². The summed E-state index contributed by atoms with van der Waals surface area (Å²) in [6.07, 6.45) is -0.333. The molecule has 3 aromatic carbocycles. The molecule has 0 spiro atoms. The Morgan fingerprint density at radius 2 is 1.81 bits per heavy atom. The molecule has 2 unspecified atom stereocenters. The fourth-order valence-corrected chi connectivity index (χ4v) is 6.94. The minimum absolute atomic E-state index is 0.0229. The number of amides is 2. The summed E-state index contributed by atoms with van der Waals surface area (Å²) in [6.45, 7) is 3.85. The van der Waals surface area contributed by atoms with Crippen LogP contribution in [0.15, 0.2) is 78.0 Å². The van der Waals surface area contributed by atoms with Crippen molar-refractivity contribution in [2.75, 3.05) is 10.7 Å². The van der Waals surface area contributed by atoms with Crippen LogP contribution in [0.2, 0.25) is 0 Å². The number of aromatic nitrogens is 3. The first-order valence-corrected chi connectivity index (χ1v) is 16.2. The summed E-state index contributed by atoms with van der Waals surface area (Å²) < 4.78 is 56.7. The predicted octanol–water partition coefficient (Wildman–Crippen LogP) is 8.03. The number of benzene rings is 3. The van der Waals surface area contributed by atoms with Gasteiger partial charge in [-0.2, -0.15) is 4.99 Å². The van der Waals surface area contributed by atoms with E-state index in [1.807, 2.05) is 38.1 Å². The molecule has 244 valence electrons. The highest BCUT2D eigenvalue weighted by molar-refractivity contribution is 8.15. The third-order valence-corrected chi connectivity index (χ3v) is 9.23. The number of ether oxygens (including phenoxy) is 1.